The third-order valence-electron chi connectivity index (χ3n) is 25.0. The van der Waals surface area contributed by atoms with Gasteiger partial charge in [-0.3, -0.25) is 33.1 Å². The molecule has 0 radical (unpaired) electrons. The van der Waals surface area contributed by atoms with Crippen molar-refractivity contribution < 1.29 is 296 Å². The molecule has 0 bridgehead atoms. The highest BCUT2D eigenvalue weighted by Gasteiger charge is 2.62. The van der Waals surface area contributed by atoms with Gasteiger partial charge in [-0.1, -0.05) is 0 Å². The number of ether oxygens (including phenoxy) is 20. The van der Waals surface area contributed by atoms with Gasteiger partial charge in [-0.25, -0.2) is 8.37 Å². The van der Waals surface area contributed by atoms with E-state index in [1.165, 1.54) is 6.92 Å². The molecular weight excluding hydrogens is 2020 g/mol. The number of nitrogens with one attached hydrogen (secondary N) is 5. The fourth-order valence-electron chi connectivity index (χ4n) is 17.6. The number of amides is 5. The van der Waals surface area contributed by atoms with Crippen molar-refractivity contribution in [2.45, 2.75) is 373 Å². The SMILES string of the molecule is CC(=O)N[C@H]1[C@H](OC[C@@H](O)[C@H](O)[C@H](O[C@@H]2O[C@H](CO[C@@H]3O[C@H](CO[C@@H]4O[C@H](CO)[C@H](O)[C@H](O)[C@H]4O[C@@H]4O[C@@H](C)[C@@H](O)[C@@H](O)[C@@H]4O)[C@@H](O)[C@H](O)[C@H]3NC(C)=O)[C@H](O)[C@H](O[C@@H]3O[C@H](CO)[C@@H](O[C@@H]4O[C@H](CO)[C@H](O)[C@H](OS(=O)(=O)O)[C@H]4O)[C@H](O)[C@H]3NC(C)=O)[C@H]2O)[C@H](CO)NC(C)=O)O[C@H](CO)[C@@H](O[C@@H]2O[C@H](CO)[C@H](O)[C@H](O[C@@H]3O[C@H](CO)[C@@H](O)[C@H](O[C@@H]4O[C@H](COS(=O)(=O)O)[C@H](O)[C@H](O)[C@H]4O)[C@H]3NC(C)=O)[C@H]2O)[C@@H]1O. The third kappa shape index (κ3) is 29.2. The van der Waals surface area contributed by atoms with Crippen molar-refractivity contribution in [1.29, 1.82) is 0 Å². The van der Waals surface area contributed by atoms with Crippen LogP contribution >= 0.6 is 0 Å². The summed E-state index contributed by atoms with van der Waals surface area (Å²) in [7, 11) is -10.8. The first-order chi connectivity index (χ1) is 67.6. The van der Waals surface area contributed by atoms with Crippen molar-refractivity contribution >= 4 is 50.3 Å². The van der Waals surface area contributed by atoms with Gasteiger partial charge in [0.05, 0.1) is 84.8 Å². The number of hydrogen-bond donors (Lipinski definition) is 35. The maximum atomic E-state index is 13.2. The van der Waals surface area contributed by atoms with Crippen LogP contribution in [0.2, 0.25) is 0 Å². The highest BCUT2D eigenvalue weighted by Crippen LogP contribution is 2.41. The van der Waals surface area contributed by atoms with Gasteiger partial charge in [0, 0.05) is 34.6 Å². The van der Waals surface area contributed by atoms with Crippen LogP contribution in [0.5, 0.6) is 0 Å². The van der Waals surface area contributed by atoms with E-state index in [4.69, 9.17) is 94.7 Å². The Morgan fingerprint density at radius 3 is 1.12 bits per heavy atom. The lowest BCUT2D eigenvalue weighted by Gasteiger charge is -2.50. The molecule has 0 unspecified atom stereocenters. The first kappa shape index (κ1) is 121. The minimum absolute atomic E-state index is 0.839. The second-order valence-corrected chi connectivity index (χ2v) is 37.5. The van der Waals surface area contributed by atoms with Crippen LogP contribution < -0.4 is 26.6 Å². The Balaban J connectivity index is 0.925. The van der Waals surface area contributed by atoms with Gasteiger partial charge in [-0.2, -0.15) is 16.8 Å². The van der Waals surface area contributed by atoms with Crippen LogP contribution in [-0.2, 0) is 148 Å². The summed E-state index contributed by atoms with van der Waals surface area (Å²) < 4.78 is 192. The smallest absolute Gasteiger partial charge is 0.394 e. The van der Waals surface area contributed by atoms with Crippen molar-refractivity contribution in [1.82, 2.24) is 26.6 Å². The molecule has 5 amide bonds. The van der Waals surface area contributed by atoms with E-state index < -0.39 is 454 Å². The predicted molar refractivity (Wildman–Crippen MR) is 442 cm³/mol. The van der Waals surface area contributed by atoms with Crippen molar-refractivity contribution in [2.75, 3.05) is 72.7 Å². The summed E-state index contributed by atoms with van der Waals surface area (Å²) >= 11 is 0. The van der Waals surface area contributed by atoms with Crippen molar-refractivity contribution in [2.24, 2.45) is 0 Å². The fourth-order valence-corrected chi connectivity index (χ4v) is 18.4. The highest BCUT2D eigenvalue weighted by molar-refractivity contribution is 7.81. The lowest BCUT2D eigenvalue weighted by molar-refractivity contribution is -0.377. The molecule has 0 aromatic carbocycles. The van der Waals surface area contributed by atoms with Gasteiger partial charge in [-0.05, 0) is 6.92 Å². The van der Waals surface area contributed by atoms with Gasteiger partial charge in [0.25, 0.3) is 0 Å². The number of hydrogen-bond acceptors (Lipinski definition) is 59. The Bertz CT molecular complexity index is 4280. The van der Waals surface area contributed by atoms with E-state index in [1.54, 1.807) is 0 Å². The molecule has 66 nitrogen and oxygen atoms in total. The highest BCUT2D eigenvalue weighted by atomic mass is 32.3. The monoisotopic (exact) mass is 2150 g/mol. The summed E-state index contributed by atoms with van der Waals surface area (Å²) in [5.74, 6) is -5.16. The predicted octanol–water partition coefficient (Wildman–Crippen LogP) is -23.9. The zero-order valence-corrected chi connectivity index (χ0v) is 78.5. The minimum atomic E-state index is -5.57. The first-order valence-electron chi connectivity index (χ1n) is 44.7. The van der Waals surface area contributed by atoms with Crippen LogP contribution in [0.25, 0.3) is 0 Å². The zero-order valence-electron chi connectivity index (χ0n) is 76.8. The number of carbonyl (C=O) groups is 5. The molecule has 0 spiro atoms. The summed E-state index contributed by atoms with van der Waals surface area (Å²) in [6.45, 7) is -7.80. The van der Waals surface area contributed by atoms with E-state index in [0.29, 0.717) is 0 Å². The maximum Gasteiger partial charge on any atom is 0.397 e. The average Bonchev–Trinajstić information content (AvgIpc) is 0.761. The summed E-state index contributed by atoms with van der Waals surface area (Å²) in [5.41, 5.74) is 0. The minimum Gasteiger partial charge on any atom is -0.394 e. The van der Waals surface area contributed by atoms with Crippen molar-refractivity contribution in [3.8, 4) is 0 Å². The van der Waals surface area contributed by atoms with E-state index >= 15 is 0 Å². The van der Waals surface area contributed by atoms with Crippen molar-refractivity contribution in [3.63, 3.8) is 0 Å². The van der Waals surface area contributed by atoms with Crippen LogP contribution in [-0.4, -0.2) is 602 Å². The molecule has 10 heterocycles. The Morgan fingerprint density at radius 1 is 0.299 bits per heavy atom. The van der Waals surface area contributed by atoms with Crippen LogP contribution in [0.3, 0.4) is 0 Å². The summed E-state index contributed by atoms with van der Waals surface area (Å²) in [6, 6.07) is -10.1. The summed E-state index contributed by atoms with van der Waals surface area (Å²) in [5, 5.41) is 327. The lowest BCUT2D eigenvalue weighted by atomic mass is 9.94. The summed E-state index contributed by atoms with van der Waals surface area (Å²) in [4.78, 5) is 65.3. The topological polar surface area (TPSA) is 1020 Å². The first-order valence-corrected chi connectivity index (χ1v) is 47.5. The molecule has 10 rings (SSSR count). The molecule has 35 N–H and O–H groups in total. The Kier molecular flexibility index (Phi) is 44.3. The van der Waals surface area contributed by atoms with Gasteiger partial charge >= 0.3 is 20.8 Å². The van der Waals surface area contributed by atoms with Gasteiger partial charge in [-0.15, -0.1) is 0 Å². The molecule has 10 aliphatic rings. The molecule has 10 saturated heterocycles. The lowest BCUT2D eigenvalue weighted by Crippen LogP contribution is -2.70. The van der Waals surface area contributed by atoms with E-state index in [0.717, 1.165) is 34.6 Å². The molecule has 10 aliphatic heterocycles. The van der Waals surface area contributed by atoms with E-state index in [1.807, 2.05) is 0 Å². The van der Waals surface area contributed by atoms with Crippen LogP contribution in [0.15, 0.2) is 0 Å². The van der Waals surface area contributed by atoms with Gasteiger partial charge in [0.15, 0.2) is 62.9 Å². The average molecular weight is 2150 g/mol. The molecule has 0 aromatic heterocycles. The third-order valence-corrected chi connectivity index (χ3v) is 25.9. The Hall–Kier alpha value is -4.83. The fraction of sp³-hybridized carbons (Fsp3) is 0.934. The Morgan fingerprint density at radius 2 is 0.632 bits per heavy atom. The van der Waals surface area contributed by atoms with Crippen LogP contribution in [0.1, 0.15) is 41.5 Å². The molecular formula is C76H129N5O61S2. The van der Waals surface area contributed by atoms with Crippen molar-refractivity contribution in [3.05, 3.63) is 0 Å². The quantitative estimate of drug-likeness (QED) is 0.0252. The number of carbonyl (C=O) groups excluding carboxylic acids is 5. The van der Waals surface area contributed by atoms with Gasteiger partial charge in [0.1, 0.15) is 256 Å². The van der Waals surface area contributed by atoms with Gasteiger partial charge < -0.3 is 264 Å². The largest absolute Gasteiger partial charge is 0.397 e. The van der Waals surface area contributed by atoms with Crippen LogP contribution in [0.4, 0.5) is 0 Å². The number of rotatable bonds is 43. The maximum absolute atomic E-state index is 13.2. The standard InChI is InChI=1S/C76H129N5O61S2/c1-18-39(95)51(107)54(110)71(125-18)141-66-53(109)41(97)26(8-83)129-76(66)123-15-32-42(98)48(104)35(78-20(3)90)67(132-32)122-16-33-47(103)64(139-69-37(80-22(5)92)50(106)61(31(13-88)131-69)137-75-58(114)65(142-144(118,119)120)46(102)29(11-86)128-75)57(113)74(133-33)135-59(24(7-82)77-19(2)89)40(96)25(94)14-121-68-36(79-21(4)91)49(105)60(30(12-87)130-68)136-73-56(112)63(45(101)28(10-85)127-73)140-70-38(81-23(6)93)62(44(100)27(9-84)126-70)138-72-55(111)52(108)43(99)34(134-72)17-124-143(115,116)117/h18,24-76,82-88,94-114H,7-17H2,1-6H3,(H,77,89)(H,78,90)(H,79,91)(H,80,92)(H,81,93)(H,115,116,117)(H,118,119,120)/t18-,24-,25+,26+,27+,28+,29+,30+,31+,32+,33+,34+,35+,36+,37+,38+,39+,40-,41-,42+,43-,44+,45-,46-,47-,48+,49+,50+,51+,52-,53-,54-,55+,56+,57+,58+,59+,60+,61+,62+,63-,64-,65-,66+,67+,68+,69-,70-,71-,72-,73-,74-,75-,76+/m0/s1. The molecule has 54 atom stereocenters. The normalized spacial score (nSPS) is 45.0. The molecule has 836 valence electrons. The second kappa shape index (κ2) is 52.7. The van der Waals surface area contributed by atoms with E-state index in [-0.39, 0.29) is 0 Å². The molecule has 10 fully saturated rings. The number of aliphatic hydroxyl groups is 28. The zero-order chi connectivity index (χ0) is 107. The Labute approximate surface area is 815 Å². The molecule has 144 heavy (non-hydrogen) atoms. The summed E-state index contributed by atoms with van der Waals surface area (Å²) in [6.07, 6.45) is -107. The molecule has 0 saturated carbocycles. The molecule has 0 aliphatic carbocycles. The van der Waals surface area contributed by atoms with E-state index in [9.17, 15) is 193 Å². The molecule has 0 aromatic rings. The van der Waals surface area contributed by atoms with Crippen LogP contribution in [0, 0.1) is 0 Å². The second-order valence-electron chi connectivity index (χ2n) is 35.4. The molecule has 68 heteroatoms. The van der Waals surface area contributed by atoms with Gasteiger partial charge in [0.2, 0.25) is 29.5 Å². The number of aliphatic hydroxyl groups excluding tert-OH is 28. The van der Waals surface area contributed by atoms with E-state index in [2.05, 4.69) is 35.0 Å².